The second-order valence-corrected chi connectivity index (χ2v) is 13.1. The van der Waals surface area contributed by atoms with Gasteiger partial charge in [0.05, 0.1) is 28.2 Å². The van der Waals surface area contributed by atoms with Crippen LogP contribution in [-0.2, 0) is 0 Å². The van der Waals surface area contributed by atoms with Gasteiger partial charge in [0.15, 0.2) is 5.82 Å². The zero-order valence-electron chi connectivity index (χ0n) is 27.7. The number of hydrogen-bond donors (Lipinski definition) is 0. The number of nitrogens with zero attached hydrogens (tertiary/aromatic N) is 3. The Kier molecular flexibility index (Phi) is 6.18. The van der Waals surface area contributed by atoms with E-state index in [1.165, 1.54) is 0 Å². The summed E-state index contributed by atoms with van der Waals surface area (Å²) in [6, 6.07) is 55.9. The SMILES string of the molecule is c1ccc(-c2cc(-c3cccc4c3oc3ccccc34)nc(-c3cccc4c3oc3ccc5c(-c6ccccc6)nc6ccccc6c5c34)n2)cc1. The van der Waals surface area contributed by atoms with Gasteiger partial charge < -0.3 is 8.83 Å². The average Bonchev–Trinajstić information content (AvgIpc) is 3.80. The molecule has 7 aromatic carbocycles. The normalized spacial score (nSPS) is 11.8. The van der Waals surface area contributed by atoms with Crippen LogP contribution >= 0.6 is 0 Å². The van der Waals surface area contributed by atoms with Crippen LogP contribution in [0.5, 0.6) is 0 Å². The van der Waals surface area contributed by atoms with Crippen molar-refractivity contribution in [3.63, 3.8) is 0 Å². The van der Waals surface area contributed by atoms with Gasteiger partial charge in [-0.2, -0.15) is 0 Å². The molecule has 0 atom stereocenters. The standard InChI is InChI=1S/C47H27N3O2/c1-3-13-28(14-4-1)38-27-39(33-20-11-19-31-30-17-8-10-24-40(30)51-45(31)33)50-47(49-38)36-22-12-21-35-43-41(52-46(35)36)26-25-34-42(43)32-18-7-9-23-37(32)48-44(34)29-15-5-2-6-16-29/h1-27H. The van der Waals surface area contributed by atoms with E-state index in [9.17, 15) is 0 Å². The first kappa shape index (κ1) is 28.7. The van der Waals surface area contributed by atoms with Gasteiger partial charge in [0.2, 0.25) is 0 Å². The molecule has 52 heavy (non-hydrogen) atoms. The number of pyridine rings is 1. The van der Waals surface area contributed by atoms with Crippen LogP contribution in [0.1, 0.15) is 0 Å². The van der Waals surface area contributed by atoms with Crippen molar-refractivity contribution >= 4 is 65.6 Å². The van der Waals surface area contributed by atoms with E-state index in [-0.39, 0.29) is 0 Å². The van der Waals surface area contributed by atoms with E-state index >= 15 is 0 Å². The van der Waals surface area contributed by atoms with Crippen LogP contribution in [-0.4, -0.2) is 15.0 Å². The lowest BCUT2D eigenvalue weighted by Crippen LogP contribution is -1.96. The van der Waals surface area contributed by atoms with E-state index in [1.54, 1.807) is 0 Å². The molecule has 0 fully saturated rings. The van der Waals surface area contributed by atoms with Crippen LogP contribution in [0.15, 0.2) is 173 Å². The molecule has 0 unspecified atom stereocenters. The first-order chi connectivity index (χ1) is 25.8. The monoisotopic (exact) mass is 665 g/mol. The molecule has 4 aromatic heterocycles. The quantitative estimate of drug-likeness (QED) is 0.175. The maximum absolute atomic E-state index is 6.82. The topological polar surface area (TPSA) is 65.0 Å². The van der Waals surface area contributed by atoms with Crippen molar-refractivity contribution in [1.82, 2.24) is 15.0 Å². The molecule has 0 saturated heterocycles. The Bertz CT molecular complexity index is 3180. The maximum Gasteiger partial charge on any atom is 0.164 e. The largest absolute Gasteiger partial charge is 0.455 e. The van der Waals surface area contributed by atoms with Gasteiger partial charge in [-0.25, -0.2) is 15.0 Å². The minimum atomic E-state index is 0.579. The van der Waals surface area contributed by atoms with E-state index in [0.29, 0.717) is 5.82 Å². The van der Waals surface area contributed by atoms with Crippen molar-refractivity contribution in [2.75, 3.05) is 0 Å². The van der Waals surface area contributed by atoms with Gasteiger partial charge in [-0.05, 0) is 42.5 Å². The Morgan fingerprint density at radius 3 is 1.85 bits per heavy atom. The third-order valence-corrected chi connectivity index (χ3v) is 10.1. The average molecular weight is 666 g/mol. The van der Waals surface area contributed by atoms with E-state index in [4.69, 9.17) is 23.8 Å². The lowest BCUT2D eigenvalue weighted by atomic mass is 9.96. The van der Waals surface area contributed by atoms with Crippen LogP contribution < -0.4 is 0 Å². The van der Waals surface area contributed by atoms with E-state index in [1.807, 2.05) is 48.5 Å². The zero-order valence-corrected chi connectivity index (χ0v) is 27.7. The first-order valence-electron chi connectivity index (χ1n) is 17.4. The third kappa shape index (κ3) is 4.33. The molecule has 242 valence electrons. The van der Waals surface area contributed by atoms with E-state index in [0.717, 1.165) is 105 Å². The predicted octanol–water partition coefficient (Wildman–Crippen LogP) is 12.6. The number of benzene rings is 7. The lowest BCUT2D eigenvalue weighted by molar-refractivity contribution is 0.669. The summed E-state index contributed by atoms with van der Waals surface area (Å²) in [4.78, 5) is 15.6. The Morgan fingerprint density at radius 2 is 1.00 bits per heavy atom. The second kappa shape index (κ2) is 11.2. The molecule has 0 aliphatic heterocycles. The molecule has 5 nitrogen and oxygen atoms in total. The third-order valence-electron chi connectivity index (χ3n) is 10.1. The minimum absolute atomic E-state index is 0.579. The zero-order chi connectivity index (χ0) is 34.2. The van der Waals surface area contributed by atoms with Crippen molar-refractivity contribution < 1.29 is 8.83 Å². The molecule has 4 heterocycles. The maximum atomic E-state index is 6.82. The predicted molar refractivity (Wildman–Crippen MR) is 211 cm³/mol. The van der Waals surface area contributed by atoms with Gasteiger partial charge >= 0.3 is 0 Å². The molecule has 0 saturated carbocycles. The molecular weight excluding hydrogens is 639 g/mol. The number of furan rings is 2. The molecule has 5 heteroatoms. The van der Waals surface area contributed by atoms with Crippen LogP contribution in [0.25, 0.3) is 111 Å². The fraction of sp³-hybridized carbons (Fsp3) is 0. The summed E-state index contributed by atoms with van der Waals surface area (Å²) in [5, 5.41) is 7.47. The Morgan fingerprint density at radius 1 is 0.365 bits per heavy atom. The van der Waals surface area contributed by atoms with E-state index < -0.39 is 0 Å². The number of hydrogen-bond acceptors (Lipinski definition) is 5. The Balaban J connectivity index is 1.20. The Labute approximate surface area is 297 Å². The molecule has 0 radical (unpaired) electrons. The smallest absolute Gasteiger partial charge is 0.164 e. The number of aromatic nitrogens is 3. The number of rotatable bonds is 4. The molecule has 0 aliphatic carbocycles. The van der Waals surface area contributed by atoms with Crippen molar-refractivity contribution in [2.24, 2.45) is 0 Å². The van der Waals surface area contributed by atoms with Crippen LogP contribution in [0, 0.1) is 0 Å². The molecule has 11 aromatic rings. The number of fused-ring (bicyclic) bond motifs is 10. The highest BCUT2D eigenvalue weighted by Crippen LogP contribution is 2.44. The summed E-state index contributed by atoms with van der Waals surface area (Å²) in [5.41, 5.74) is 10.5. The molecule has 0 bridgehead atoms. The lowest BCUT2D eigenvalue weighted by Gasteiger charge is -2.11. The summed E-state index contributed by atoms with van der Waals surface area (Å²) < 4.78 is 13.3. The summed E-state index contributed by atoms with van der Waals surface area (Å²) in [5.74, 6) is 0.579. The van der Waals surface area contributed by atoms with Gasteiger partial charge in [0.25, 0.3) is 0 Å². The van der Waals surface area contributed by atoms with Crippen molar-refractivity contribution in [3.8, 4) is 45.2 Å². The first-order valence-corrected chi connectivity index (χ1v) is 17.4. The van der Waals surface area contributed by atoms with Gasteiger partial charge in [-0.3, -0.25) is 0 Å². The van der Waals surface area contributed by atoms with Crippen molar-refractivity contribution in [2.45, 2.75) is 0 Å². The molecule has 0 spiro atoms. The van der Waals surface area contributed by atoms with Crippen LogP contribution in [0.3, 0.4) is 0 Å². The molecule has 11 rings (SSSR count). The van der Waals surface area contributed by atoms with Crippen LogP contribution in [0.2, 0.25) is 0 Å². The summed E-state index contributed by atoms with van der Waals surface area (Å²) in [7, 11) is 0. The van der Waals surface area contributed by atoms with Gasteiger partial charge in [0, 0.05) is 54.4 Å². The second-order valence-electron chi connectivity index (χ2n) is 13.1. The molecule has 0 N–H and O–H groups in total. The number of para-hydroxylation sites is 4. The summed E-state index contributed by atoms with van der Waals surface area (Å²) in [6.45, 7) is 0. The summed E-state index contributed by atoms with van der Waals surface area (Å²) >= 11 is 0. The highest BCUT2D eigenvalue weighted by molar-refractivity contribution is 6.29. The fourth-order valence-corrected chi connectivity index (χ4v) is 7.73. The Hall–Kier alpha value is -7.11. The van der Waals surface area contributed by atoms with E-state index in [2.05, 4.69) is 115 Å². The van der Waals surface area contributed by atoms with Crippen molar-refractivity contribution in [3.05, 3.63) is 164 Å². The highest BCUT2D eigenvalue weighted by Gasteiger charge is 2.22. The van der Waals surface area contributed by atoms with Gasteiger partial charge in [-0.1, -0.05) is 121 Å². The minimum Gasteiger partial charge on any atom is -0.455 e. The van der Waals surface area contributed by atoms with Gasteiger partial charge in [0.1, 0.15) is 22.3 Å². The molecule has 0 amide bonds. The fourth-order valence-electron chi connectivity index (χ4n) is 7.73. The van der Waals surface area contributed by atoms with Crippen LogP contribution in [0.4, 0.5) is 0 Å². The highest BCUT2D eigenvalue weighted by atomic mass is 16.3. The molecular formula is C47H27N3O2. The van der Waals surface area contributed by atoms with Crippen molar-refractivity contribution in [1.29, 1.82) is 0 Å². The molecule has 0 aliphatic rings. The summed E-state index contributed by atoms with van der Waals surface area (Å²) in [6.07, 6.45) is 0. The van der Waals surface area contributed by atoms with Gasteiger partial charge in [-0.15, -0.1) is 0 Å².